The van der Waals surface area contributed by atoms with Gasteiger partial charge in [0.05, 0.1) is 0 Å². The second-order valence-electron chi connectivity index (χ2n) is 6.94. The fraction of sp³-hybridized carbons (Fsp3) is 0.400. The van der Waals surface area contributed by atoms with E-state index < -0.39 is 13.9 Å². The van der Waals surface area contributed by atoms with Gasteiger partial charge in [-0.1, -0.05) is 26.0 Å². The zero-order valence-electron chi connectivity index (χ0n) is 16.1. The number of nitroso groups, excluding NO2 is 1. The summed E-state index contributed by atoms with van der Waals surface area (Å²) in [5.74, 6) is 0.696. The second kappa shape index (κ2) is 8.79. The minimum atomic E-state index is -4.21. The van der Waals surface area contributed by atoms with E-state index in [1.165, 1.54) is 0 Å². The molecule has 0 radical (unpaired) electrons. The summed E-state index contributed by atoms with van der Waals surface area (Å²) < 4.78 is 16.2. The molecule has 7 heteroatoms. The summed E-state index contributed by atoms with van der Waals surface area (Å²) in [6.07, 6.45) is 0.984. The van der Waals surface area contributed by atoms with Gasteiger partial charge in [0, 0.05) is 0 Å². The third kappa shape index (κ3) is 5.73. The molecule has 1 unspecified atom stereocenters. The molecule has 2 N–H and O–H groups in total. The predicted octanol–water partition coefficient (Wildman–Crippen LogP) is 5.32. The van der Waals surface area contributed by atoms with E-state index in [9.17, 15) is 9.47 Å². The fourth-order valence-electron chi connectivity index (χ4n) is 3.09. The molecule has 0 fully saturated rings. The molecule has 0 aromatic heterocycles. The van der Waals surface area contributed by atoms with Crippen LogP contribution in [0.15, 0.2) is 35.5 Å². The first-order valence-electron chi connectivity index (χ1n) is 8.88. The van der Waals surface area contributed by atoms with Gasteiger partial charge < -0.3 is 14.5 Å². The van der Waals surface area contributed by atoms with Crippen LogP contribution < -0.4 is 4.74 Å². The normalized spacial score (nSPS) is 12.7. The van der Waals surface area contributed by atoms with E-state index >= 15 is 0 Å². The van der Waals surface area contributed by atoms with Crippen LogP contribution in [0.25, 0.3) is 0 Å². The van der Waals surface area contributed by atoms with E-state index in [1.54, 1.807) is 18.2 Å². The van der Waals surface area contributed by atoms with Crippen molar-refractivity contribution in [3.05, 3.63) is 63.1 Å². The molecule has 27 heavy (non-hydrogen) atoms. The predicted molar refractivity (Wildman–Crippen MR) is 107 cm³/mol. The minimum Gasteiger partial charge on any atom is -0.481 e. The first kappa shape index (κ1) is 21.3. The lowest BCUT2D eigenvalue weighted by Gasteiger charge is -2.16. The van der Waals surface area contributed by atoms with E-state index in [4.69, 9.17) is 14.5 Å². The van der Waals surface area contributed by atoms with E-state index in [1.807, 2.05) is 26.0 Å². The minimum absolute atomic E-state index is 0.253. The average Bonchev–Trinajstić information content (AvgIpc) is 2.61. The monoisotopic (exact) mass is 391 g/mol. The molecular formula is C20H26NO5P. The molecule has 0 amide bonds. The van der Waals surface area contributed by atoms with Crippen LogP contribution in [0.5, 0.6) is 5.75 Å². The Morgan fingerprint density at radius 2 is 1.78 bits per heavy atom. The molecule has 0 saturated heterocycles. The van der Waals surface area contributed by atoms with Crippen LogP contribution in [0.3, 0.4) is 0 Å². The number of rotatable bonds is 8. The average molecular weight is 391 g/mol. The molecule has 0 aliphatic rings. The molecule has 6 nitrogen and oxygen atoms in total. The van der Waals surface area contributed by atoms with E-state index in [0.29, 0.717) is 17.9 Å². The summed E-state index contributed by atoms with van der Waals surface area (Å²) in [6.45, 7) is 8.06. The number of hydrogen-bond donors (Lipinski definition) is 2. The molecule has 0 heterocycles. The molecular weight excluding hydrogens is 365 g/mol. The van der Waals surface area contributed by atoms with Gasteiger partial charge in [-0.2, -0.15) is 0 Å². The van der Waals surface area contributed by atoms with Crippen LogP contribution in [0.2, 0.25) is 0 Å². The molecule has 0 aliphatic carbocycles. The first-order valence-corrected chi connectivity index (χ1v) is 10.7. The number of ether oxygens (including phenoxy) is 1. The highest BCUT2D eigenvalue weighted by atomic mass is 31.2. The highest BCUT2D eigenvalue weighted by Gasteiger charge is 2.16. The maximum atomic E-state index is 11.1. The van der Waals surface area contributed by atoms with Crippen LogP contribution >= 0.6 is 7.60 Å². The summed E-state index contributed by atoms with van der Waals surface area (Å²) in [5, 5.41) is 3.14. The van der Waals surface area contributed by atoms with Gasteiger partial charge in [-0.15, -0.1) is 4.91 Å². The number of nitrogens with zero attached hydrogens (tertiary/aromatic N) is 1. The van der Waals surface area contributed by atoms with Gasteiger partial charge in [-0.25, -0.2) is 0 Å². The van der Waals surface area contributed by atoms with Crippen molar-refractivity contribution in [2.24, 2.45) is 5.18 Å². The Morgan fingerprint density at radius 3 is 2.30 bits per heavy atom. The topological polar surface area (TPSA) is 96.2 Å². The first-order chi connectivity index (χ1) is 12.6. The van der Waals surface area contributed by atoms with Crippen LogP contribution in [-0.4, -0.2) is 16.1 Å². The Kier molecular flexibility index (Phi) is 6.93. The van der Waals surface area contributed by atoms with Gasteiger partial charge in [-0.3, -0.25) is 4.57 Å². The lowest BCUT2D eigenvalue weighted by molar-refractivity contribution is 0.300. The van der Waals surface area contributed by atoms with E-state index in [-0.39, 0.29) is 5.92 Å². The van der Waals surface area contributed by atoms with Crippen LogP contribution in [0, 0.1) is 18.8 Å². The van der Waals surface area contributed by atoms with Gasteiger partial charge >= 0.3 is 7.60 Å². The number of benzene rings is 2. The smallest absolute Gasteiger partial charge is 0.362 e. The summed E-state index contributed by atoms with van der Waals surface area (Å²) in [4.78, 5) is 29.0. The lowest BCUT2D eigenvalue weighted by Crippen LogP contribution is -2.02. The van der Waals surface area contributed by atoms with Gasteiger partial charge in [0.25, 0.3) is 0 Å². The lowest BCUT2D eigenvalue weighted by atomic mass is 9.91. The van der Waals surface area contributed by atoms with Crippen LogP contribution in [0.4, 0.5) is 5.69 Å². The maximum absolute atomic E-state index is 11.1. The van der Waals surface area contributed by atoms with Crippen molar-refractivity contribution in [3.8, 4) is 5.75 Å². The summed E-state index contributed by atoms with van der Waals surface area (Å²) >= 11 is 0. The van der Waals surface area contributed by atoms with E-state index in [2.05, 4.69) is 19.0 Å². The molecule has 2 aromatic rings. The van der Waals surface area contributed by atoms with Gasteiger partial charge in [0.2, 0.25) is 0 Å². The van der Waals surface area contributed by atoms with Crippen molar-refractivity contribution < 1.29 is 19.1 Å². The molecule has 2 aromatic carbocycles. The van der Waals surface area contributed by atoms with Crippen molar-refractivity contribution in [3.63, 3.8) is 0 Å². The molecule has 0 spiro atoms. The second-order valence-corrected chi connectivity index (χ2v) is 8.53. The van der Waals surface area contributed by atoms with Crippen LogP contribution in [-0.2, 0) is 11.0 Å². The van der Waals surface area contributed by atoms with Gasteiger partial charge in [0.15, 0.2) is 6.35 Å². The number of aryl methyl sites for hydroxylation is 2. The van der Waals surface area contributed by atoms with Crippen molar-refractivity contribution in [1.82, 2.24) is 0 Å². The SMILES string of the molecule is CCC(C)c1cc(Cc2c(C)cc(OCP(=O)(O)O)cc2C)ccc1N=O. The molecule has 2 rings (SSSR count). The molecule has 0 aliphatic heterocycles. The Morgan fingerprint density at radius 1 is 1.15 bits per heavy atom. The zero-order valence-corrected chi connectivity index (χ0v) is 17.0. The van der Waals surface area contributed by atoms with Crippen molar-refractivity contribution >= 4 is 13.3 Å². The van der Waals surface area contributed by atoms with Crippen molar-refractivity contribution in [1.29, 1.82) is 0 Å². The van der Waals surface area contributed by atoms with Crippen LogP contribution in [0.1, 0.15) is 54.0 Å². The third-order valence-electron chi connectivity index (χ3n) is 4.78. The standard InChI is InChI=1S/C20H26NO5P/c1-5-13(2)19-11-16(6-7-20(19)21-22)10-18-14(3)8-17(9-15(18)4)26-12-27(23,24)25/h6-9,11,13H,5,10,12H2,1-4H3,(H2,23,24,25). The Labute approximate surface area is 159 Å². The zero-order chi connectivity index (χ0) is 20.2. The quantitative estimate of drug-likeness (QED) is 0.469. The summed E-state index contributed by atoms with van der Waals surface area (Å²) in [7, 11) is -4.21. The molecule has 146 valence electrons. The summed E-state index contributed by atoms with van der Waals surface area (Å²) in [6, 6.07) is 9.30. The molecule has 1 atom stereocenters. The fourth-order valence-corrected chi connectivity index (χ4v) is 3.41. The Hall–Kier alpha value is -2.01. The molecule has 0 bridgehead atoms. The number of hydrogen-bond acceptors (Lipinski definition) is 4. The van der Waals surface area contributed by atoms with Gasteiger partial charge in [-0.05, 0) is 83.8 Å². The van der Waals surface area contributed by atoms with Gasteiger partial charge in [0.1, 0.15) is 11.4 Å². The highest BCUT2D eigenvalue weighted by Crippen LogP contribution is 2.36. The summed E-state index contributed by atoms with van der Waals surface area (Å²) in [5.41, 5.74) is 5.63. The van der Waals surface area contributed by atoms with Crippen molar-refractivity contribution in [2.75, 3.05) is 6.35 Å². The molecule has 0 saturated carbocycles. The highest BCUT2D eigenvalue weighted by molar-refractivity contribution is 7.51. The largest absolute Gasteiger partial charge is 0.481 e. The third-order valence-corrected chi connectivity index (χ3v) is 5.25. The maximum Gasteiger partial charge on any atom is 0.362 e. The Balaban J connectivity index is 2.29. The Bertz CT molecular complexity index is 852. The van der Waals surface area contributed by atoms with Crippen molar-refractivity contribution in [2.45, 2.75) is 46.5 Å². The van der Waals surface area contributed by atoms with E-state index in [0.717, 1.165) is 34.2 Å².